The Bertz CT molecular complexity index is 1150. The zero-order valence-corrected chi connectivity index (χ0v) is 19.8. The number of carbonyl (C=O) groups excluding carboxylic acids is 2. The Kier molecular flexibility index (Phi) is 7.51. The number of ether oxygens (including phenoxy) is 1. The molecule has 0 unspecified atom stereocenters. The van der Waals surface area contributed by atoms with Crippen molar-refractivity contribution in [3.05, 3.63) is 45.0 Å². The van der Waals surface area contributed by atoms with Gasteiger partial charge in [-0.25, -0.2) is 18.2 Å². The van der Waals surface area contributed by atoms with Gasteiger partial charge in [0.15, 0.2) is 20.8 Å². The average molecular weight is 500 g/mol. The van der Waals surface area contributed by atoms with Crippen LogP contribution in [0.15, 0.2) is 32.8 Å². The molecule has 1 saturated heterocycles. The molecule has 172 valence electrons. The van der Waals surface area contributed by atoms with Crippen molar-refractivity contribution in [3.8, 4) is 0 Å². The van der Waals surface area contributed by atoms with Crippen molar-refractivity contribution in [2.45, 2.75) is 35.5 Å². The first-order valence-corrected chi connectivity index (χ1v) is 13.2. The fraction of sp³-hybridized carbons (Fsp3) is 0.421. The number of aromatic nitrogens is 1. The van der Waals surface area contributed by atoms with E-state index < -0.39 is 39.3 Å². The van der Waals surface area contributed by atoms with Crippen LogP contribution in [0.4, 0.5) is 5.69 Å². The third-order valence-corrected chi connectivity index (χ3v) is 8.71. The molecule has 32 heavy (non-hydrogen) atoms. The summed E-state index contributed by atoms with van der Waals surface area (Å²) < 4.78 is 29.3. The molecule has 10 nitrogen and oxygen atoms in total. The summed E-state index contributed by atoms with van der Waals surface area (Å²) >= 11 is 2.54. The van der Waals surface area contributed by atoms with E-state index >= 15 is 0 Å². The topological polar surface area (TPSA) is 137 Å². The smallest absolute Gasteiger partial charge is 0.340 e. The molecule has 1 aliphatic heterocycles. The third kappa shape index (κ3) is 5.84. The van der Waals surface area contributed by atoms with Crippen molar-refractivity contribution >= 4 is 50.5 Å². The summed E-state index contributed by atoms with van der Waals surface area (Å²) in [5, 5.41) is 13.0. The summed E-state index contributed by atoms with van der Waals surface area (Å²) in [6, 6.07) is 3.38. The molecule has 1 atom stereocenters. The van der Waals surface area contributed by atoms with Gasteiger partial charge in [-0.05, 0) is 26.3 Å². The third-order valence-electron chi connectivity index (χ3n) is 4.83. The number of nitro benzene ring substituents is 1. The number of amides is 1. The van der Waals surface area contributed by atoms with Crippen molar-refractivity contribution in [2.24, 2.45) is 0 Å². The van der Waals surface area contributed by atoms with Gasteiger partial charge in [-0.1, -0.05) is 11.8 Å². The van der Waals surface area contributed by atoms with E-state index in [0.717, 1.165) is 11.8 Å². The lowest BCUT2D eigenvalue weighted by Gasteiger charge is -2.26. The molecular weight excluding hydrogens is 478 g/mol. The van der Waals surface area contributed by atoms with Gasteiger partial charge in [-0.3, -0.25) is 14.9 Å². The standard InChI is InChI=1S/C19H21N3O7S3/c1-3-21(14-6-7-32(27,28)11-14)17(23)9-29-18(24)15-8-13(22(25)26)4-5-16(15)31-19-20-12(2)10-30-19/h4-5,8,10,14H,3,6-7,9,11H2,1-2H3/t14-/m1/s1. The number of carbonyl (C=O) groups is 2. The van der Waals surface area contributed by atoms with E-state index in [1.54, 1.807) is 6.92 Å². The van der Waals surface area contributed by atoms with Crippen LogP contribution in [0.2, 0.25) is 0 Å². The van der Waals surface area contributed by atoms with E-state index in [1.807, 2.05) is 12.3 Å². The maximum Gasteiger partial charge on any atom is 0.340 e. The van der Waals surface area contributed by atoms with Crippen LogP contribution in [-0.2, 0) is 19.4 Å². The largest absolute Gasteiger partial charge is 0.452 e. The van der Waals surface area contributed by atoms with Crippen molar-refractivity contribution in [2.75, 3.05) is 24.7 Å². The van der Waals surface area contributed by atoms with Crippen molar-refractivity contribution in [1.29, 1.82) is 0 Å². The second kappa shape index (κ2) is 9.96. The molecule has 0 saturated carbocycles. The number of benzene rings is 1. The van der Waals surface area contributed by atoms with Gasteiger partial charge in [-0.2, -0.15) is 0 Å². The highest BCUT2D eigenvalue weighted by molar-refractivity contribution is 8.01. The molecule has 1 fully saturated rings. The first-order valence-electron chi connectivity index (χ1n) is 9.65. The summed E-state index contributed by atoms with van der Waals surface area (Å²) in [6.45, 7) is 3.23. The first-order chi connectivity index (χ1) is 15.1. The summed E-state index contributed by atoms with van der Waals surface area (Å²) in [7, 11) is -3.18. The van der Waals surface area contributed by atoms with Gasteiger partial charge in [0.1, 0.15) is 0 Å². The molecule has 0 radical (unpaired) electrons. The molecule has 0 bridgehead atoms. The highest BCUT2D eigenvalue weighted by atomic mass is 32.2. The van der Waals surface area contributed by atoms with Crippen LogP contribution >= 0.6 is 23.1 Å². The lowest BCUT2D eigenvalue weighted by Crippen LogP contribution is -2.43. The van der Waals surface area contributed by atoms with Crippen LogP contribution in [0.25, 0.3) is 0 Å². The number of hydrogen-bond acceptors (Lipinski definition) is 10. The number of likely N-dealkylation sites (N-methyl/N-ethyl adjacent to an activating group) is 1. The van der Waals surface area contributed by atoms with Gasteiger partial charge in [-0.15, -0.1) is 11.3 Å². The van der Waals surface area contributed by atoms with Gasteiger partial charge < -0.3 is 9.64 Å². The first kappa shape index (κ1) is 24.1. The fourth-order valence-corrected chi connectivity index (χ4v) is 6.92. The molecule has 0 N–H and O–H groups in total. The van der Waals surface area contributed by atoms with E-state index in [4.69, 9.17) is 4.74 Å². The molecule has 1 aromatic carbocycles. The minimum atomic E-state index is -3.18. The van der Waals surface area contributed by atoms with E-state index in [2.05, 4.69) is 4.98 Å². The Balaban J connectivity index is 1.74. The van der Waals surface area contributed by atoms with Gasteiger partial charge >= 0.3 is 5.97 Å². The van der Waals surface area contributed by atoms with E-state index in [0.29, 0.717) is 15.7 Å². The zero-order chi connectivity index (χ0) is 23.5. The minimum Gasteiger partial charge on any atom is -0.452 e. The number of esters is 1. The van der Waals surface area contributed by atoms with E-state index in [1.165, 1.54) is 40.1 Å². The van der Waals surface area contributed by atoms with Crippen LogP contribution < -0.4 is 0 Å². The molecule has 1 amide bonds. The molecule has 3 rings (SSSR count). The minimum absolute atomic E-state index is 0.0196. The van der Waals surface area contributed by atoms with Crippen molar-refractivity contribution in [3.63, 3.8) is 0 Å². The number of aryl methyl sites for hydroxylation is 1. The summed E-state index contributed by atoms with van der Waals surface area (Å²) in [5.41, 5.74) is 0.480. The summed E-state index contributed by atoms with van der Waals surface area (Å²) in [4.78, 5) is 42.0. The molecule has 0 spiro atoms. The Morgan fingerprint density at radius 3 is 2.72 bits per heavy atom. The number of nitrogens with zero attached hydrogens (tertiary/aromatic N) is 3. The lowest BCUT2D eigenvalue weighted by atomic mass is 10.2. The Hall–Kier alpha value is -2.51. The van der Waals surface area contributed by atoms with Gasteiger partial charge in [0, 0.05) is 40.7 Å². The Morgan fingerprint density at radius 2 is 2.16 bits per heavy atom. The number of hydrogen-bond donors (Lipinski definition) is 0. The zero-order valence-electron chi connectivity index (χ0n) is 17.3. The summed E-state index contributed by atoms with van der Waals surface area (Å²) in [5.74, 6) is -1.49. The molecule has 1 aromatic heterocycles. The number of rotatable bonds is 8. The second-order valence-electron chi connectivity index (χ2n) is 7.11. The van der Waals surface area contributed by atoms with Gasteiger partial charge in [0.05, 0.1) is 22.0 Å². The lowest BCUT2D eigenvalue weighted by molar-refractivity contribution is -0.384. The highest BCUT2D eigenvalue weighted by Gasteiger charge is 2.34. The van der Waals surface area contributed by atoms with Crippen LogP contribution in [0.1, 0.15) is 29.4 Å². The van der Waals surface area contributed by atoms with Gasteiger partial charge in [0.25, 0.3) is 11.6 Å². The molecule has 13 heteroatoms. The van der Waals surface area contributed by atoms with Crippen LogP contribution in [0.5, 0.6) is 0 Å². The van der Waals surface area contributed by atoms with Crippen molar-refractivity contribution < 1.29 is 27.7 Å². The maximum atomic E-state index is 12.7. The molecular formula is C19H21N3O7S3. The van der Waals surface area contributed by atoms with E-state index in [-0.39, 0.29) is 29.3 Å². The number of non-ortho nitro benzene ring substituents is 1. The molecule has 2 heterocycles. The normalized spacial score (nSPS) is 17.1. The average Bonchev–Trinajstić information content (AvgIpc) is 3.31. The second-order valence-corrected chi connectivity index (χ2v) is 11.5. The van der Waals surface area contributed by atoms with Crippen LogP contribution in [-0.4, -0.2) is 65.8 Å². The molecule has 1 aliphatic rings. The highest BCUT2D eigenvalue weighted by Crippen LogP contribution is 2.34. The van der Waals surface area contributed by atoms with E-state index in [9.17, 15) is 28.1 Å². The van der Waals surface area contributed by atoms with Crippen molar-refractivity contribution in [1.82, 2.24) is 9.88 Å². The fourth-order valence-electron chi connectivity index (χ4n) is 3.30. The number of thiazole rings is 1. The molecule has 2 aromatic rings. The number of sulfone groups is 1. The maximum absolute atomic E-state index is 12.7. The SMILES string of the molecule is CCN(C(=O)COC(=O)c1cc([N+](=O)[O-])ccc1Sc1nc(C)cs1)[C@@H]1CCS(=O)(=O)C1. The van der Waals surface area contributed by atoms with Gasteiger partial charge in [0.2, 0.25) is 0 Å². The quantitative estimate of drug-likeness (QED) is 0.305. The molecule has 0 aliphatic carbocycles. The summed E-state index contributed by atoms with van der Waals surface area (Å²) in [6.07, 6.45) is 0.342. The Morgan fingerprint density at radius 1 is 1.41 bits per heavy atom. The van der Waals surface area contributed by atoms with Crippen LogP contribution in [0, 0.1) is 17.0 Å². The number of nitro groups is 1. The Labute approximate surface area is 193 Å². The van der Waals surface area contributed by atoms with Crippen LogP contribution in [0.3, 0.4) is 0 Å². The monoisotopic (exact) mass is 499 g/mol. The predicted octanol–water partition coefficient (Wildman–Crippen LogP) is 2.70. The predicted molar refractivity (Wildman–Crippen MR) is 119 cm³/mol.